The monoisotopic (exact) mass is 423 g/mol. The molecule has 0 saturated carbocycles. The summed E-state index contributed by atoms with van der Waals surface area (Å²) in [6.07, 6.45) is 5.70. The number of hydrogen-bond acceptors (Lipinski definition) is 1. The molecule has 158 valence electrons. The highest BCUT2D eigenvalue weighted by Gasteiger charge is 2.17. The van der Waals surface area contributed by atoms with Crippen molar-refractivity contribution in [2.75, 3.05) is 4.90 Å². The van der Waals surface area contributed by atoms with Crippen molar-refractivity contribution in [1.82, 2.24) is 0 Å². The molecule has 5 aromatic rings. The maximum Gasteiger partial charge on any atom is 0.0546 e. The molecule has 0 bridgehead atoms. The number of benzene rings is 5. The largest absolute Gasteiger partial charge is 0.310 e. The van der Waals surface area contributed by atoms with Gasteiger partial charge in [0.05, 0.1) is 5.69 Å². The Kier molecular flexibility index (Phi) is 5.61. The molecule has 0 saturated heterocycles. The van der Waals surface area contributed by atoms with Crippen molar-refractivity contribution in [3.8, 4) is 11.1 Å². The van der Waals surface area contributed by atoms with E-state index in [0.717, 1.165) is 17.1 Å². The number of fused-ring (bicyclic) bond motifs is 3. The van der Waals surface area contributed by atoms with Crippen molar-refractivity contribution in [3.05, 3.63) is 146 Å². The number of anilines is 2. The van der Waals surface area contributed by atoms with Gasteiger partial charge in [-0.3, -0.25) is 0 Å². The highest BCUT2D eigenvalue weighted by molar-refractivity contribution is 6.14. The lowest BCUT2D eigenvalue weighted by molar-refractivity contribution is 1.23. The zero-order valence-corrected chi connectivity index (χ0v) is 18.5. The molecule has 1 heteroatoms. The molecule has 5 aromatic carbocycles. The second kappa shape index (κ2) is 9.02. The van der Waals surface area contributed by atoms with Crippen molar-refractivity contribution >= 4 is 32.9 Å². The normalized spacial score (nSPS) is 11.5. The van der Waals surface area contributed by atoms with E-state index in [1.807, 2.05) is 24.3 Å². The molecule has 5 rings (SSSR count). The summed E-state index contributed by atoms with van der Waals surface area (Å²) in [5, 5.41) is 4.89. The minimum Gasteiger partial charge on any atom is -0.310 e. The number of hydrogen-bond donors (Lipinski definition) is 0. The van der Waals surface area contributed by atoms with Crippen LogP contribution in [0.15, 0.2) is 146 Å². The maximum absolute atomic E-state index is 4.10. The lowest BCUT2D eigenvalue weighted by Gasteiger charge is -2.28. The van der Waals surface area contributed by atoms with Crippen molar-refractivity contribution in [2.45, 2.75) is 0 Å². The van der Waals surface area contributed by atoms with Gasteiger partial charge >= 0.3 is 0 Å². The Hall–Kier alpha value is -4.36. The third-order valence-electron chi connectivity index (χ3n) is 5.98. The fourth-order valence-electron chi connectivity index (χ4n) is 4.43. The fraction of sp³-hybridized carbons (Fsp3) is 0. The number of allylic oxidation sites excluding steroid dienone is 3. The summed E-state index contributed by atoms with van der Waals surface area (Å²) in [5.41, 5.74) is 5.55. The van der Waals surface area contributed by atoms with E-state index in [1.54, 1.807) is 0 Å². The van der Waals surface area contributed by atoms with Crippen LogP contribution in [0.1, 0.15) is 0 Å². The lowest BCUT2D eigenvalue weighted by atomic mass is 9.98. The second-order valence-corrected chi connectivity index (χ2v) is 7.94. The van der Waals surface area contributed by atoms with Crippen LogP contribution in [-0.2, 0) is 0 Å². The summed E-state index contributed by atoms with van der Waals surface area (Å²) in [7, 11) is 0. The molecule has 0 spiro atoms. The van der Waals surface area contributed by atoms with E-state index in [2.05, 4.69) is 121 Å². The summed E-state index contributed by atoms with van der Waals surface area (Å²) in [4.78, 5) is 2.26. The predicted molar refractivity (Wildman–Crippen MR) is 144 cm³/mol. The molecule has 0 aliphatic rings. The molecule has 0 fully saturated rings. The molecular formula is C32H25N. The van der Waals surface area contributed by atoms with Gasteiger partial charge in [-0.15, -0.1) is 0 Å². The topological polar surface area (TPSA) is 3.24 Å². The molecule has 0 aromatic heterocycles. The smallest absolute Gasteiger partial charge is 0.0546 e. The van der Waals surface area contributed by atoms with Gasteiger partial charge in [0.1, 0.15) is 0 Å². The third kappa shape index (κ3) is 3.86. The van der Waals surface area contributed by atoms with Crippen LogP contribution in [-0.4, -0.2) is 0 Å². The van der Waals surface area contributed by atoms with Gasteiger partial charge in [0.15, 0.2) is 0 Å². The summed E-state index contributed by atoms with van der Waals surface area (Å²) < 4.78 is 0. The fourth-order valence-corrected chi connectivity index (χ4v) is 4.43. The Morgan fingerprint density at radius 3 is 1.91 bits per heavy atom. The van der Waals surface area contributed by atoms with Crippen molar-refractivity contribution in [3.63, 3.8) is 0 Å². The highest BCUT2D eigenvalue weighted by atomic mass is 15.1. The van der Waals surface area contributed by atoms with Gasteiger partial charge in [0, 0.05) is 16.8 Å². The summed E-state index contributed by atoms with van der Waals surface area (Å²) in [6.45, 7) is 8.03. The second-order valence-electron chi connectivity index (χ2n) is 7.94. The Morgan fingerprint density at radius 1 is 0.606 bits per heavy atom. The van der Waals surface area contributed by atoms with Crippen LogP contribution in [0.2, 0.25) is 0 Å². The van der Waals surface area contributed by atoms with Crippen LogP contribution in [0.4, 0.5) is 11.4 Å². The Bertz CT molecular complexity index is 1470. The SMILES string of the molecule is C=C/C=C(\C=C)N(c1ccc(-c2ccccc2)cc1)c1cc2ccccc2c2ccccc12. The van der Waals surface area contributed by atoms with E-state index in [9.17, 15) is 0 Å². The van der Waals surface area contributed by atoms with E-state index in [-0.39, 0.29) is 0 Å². The van der Waals surface area contributed by atoms with E-state index in [1.165, 1.54) is 32.7 Å². The molecule has 0 amide bonds. The minimum absolute atomic E-state index is 0.970. The lowest BCUT2D eigenvalue weighted by Crippen LogP contribution is -2.15. The van der Waals surface area contributed by atoms with Crippen LogP contribution in [0.25, 0.3) is 32.7 Å². The average molecular weight is 424 g/mol. The van der Waals surface area contributed by atoms with Crippen LogP contribution >= 0.6 is 0 Å². The molecule has 33 heavy (non-hydrogen) atoms. The van der Waals surface area contributed by atoms with Crippen LogP contribution in [0.3, 0.4) is 0 Å². The molecule has 1 nitrogen and oxygen atoms in total. The van der Waals surface area contributed by atoms with Gasteiger partial charge in [-0.25, -0.2) is 0 Å². The van der Waals surface area contributed by atoms with Crippen molar-refractivity contribution in [2.24, 2.45) is 0 Å². The predicted octanol–water partition coefficient (Wildman–Crippen LogP) is 9.05. The van der Waals surface area contributed by atoms with E-state index < -0.39 is 0 Å². The molecule has 0 aliphatic carbocycles. The quantitative estimate of drug-likeness (QED) is 0.194. The van der Waals surface area contributed by atoms with Crippen molar-refractivity contribution in [1.29, 1.82) is 0 Å². The Morgan fingerprint density at radius 2 is 1.21 bits per heavy atom. The Balaban J connectivity index is 1.74. The maximum atomic E-state index is 4.10. The van der Waals surface area contributed by atoms with Gasteiger partial charge < -0.3 is 4.90 Å². The first kappa shape index (κ1) is 20.5. The molecule has 0 aliphatic heterocycles. The first-order valence-electron chi connectivity index (χ1n) is 11.1. The van der Waals surface area contributed by atoms with Crippen molar-refractivity contribution < 1.29 is 0 Å². The number of rotatable bonds is 6. The van der Waals surface area contributed by atoms with E-state index in [0.29, 0.717) is 0 Å². The molecular weight excluding hydrogens is 398 g/mol. The molecule has 0 atom stereocenters. The van der Waals surface area contributed by atoms with Crippen LogP contribution in [0.5, 0.6) is 0 Å². The van der Waals surface area contributed by atoms with Crippen LogP contribution in [0, 0.1) is 0 Å². The summed E-state index contributed by atoms with van der Waals surface area (Å²) in [6, 6.07) is 38.6. The van der Waals surface area contributed by atoms with Gasteiger partial charge in [-0.1, -0.05) is 110 Å². The summed E-state index contributed by atoms with van der Waals surface area (Å²) >= 11 is 0. The van der Waals surface area contributed by atoms with Gasteiger partial charge in [-0.2, -0.15) is 0 Å². The molecule has 0 unspecified atom stereocenters. The zero-order valence-electron chi connectivity index (χ0n) is 18.5. The van der Waals surface area contributed by atoms with E-state index >= 15 is 0 Å². The standard InChI is InChI=1S/C32H25N/c1-3-12-27(4-2)33(28-21-19-25(20-22-28)24-13-6-5-7-14-24)32-23-26-15-8-9-16-29(26)30-17-10-11-18-31(30)32/h3-23H,1-2H2/b27-12+. The minimum atomic E-state index is 0.970. The summed E-state index contributed by atoms with van der Waals surface area (Å²) in [5.74, 6) is 0. The molecule has 0 radical (unpaired) electrons. The first-order valence-corrected chi connectivity index (χ1v) is 11.1. The van der Waals surface area contributed by atoms with Gasteiger partial charge in [-0.05, 0) is 57.6 Å². The average Bonchev–Trinajstić information content (AvgIpc) is 2.89. The molecule has 0 heterocycles. The molecule has 0 N–H and O–H groups in total. The first-order chi connectivity index (χ1) is 16.3. The third-order valence-corrected chi connectivity index (χ3v) is 5.98. The van der Waals surface area contributed by atoms with Gasteiger partial charge in [0.25, 0.3) is 0 Å². The van der Waals surface area contributed by atoms with Gasteiger partial charge in [0.2, 0.25) is 0 Å². The Labute approximate surface area is 195 Å². The van der Waals surface area contributed by atoms with Crippen LogP contribution < -0.4 is 4.90 Å². The number of nitrogens with zero attached hydrogens (tertiary/aromatic N) is 1. The zero-order chi connectivity index (χ0) is 22.6. The highest BCUT2D eigenvalue weighted by Crippen LogP contribution is 2.40. The van der Waals surface area contributed by atoms with E-state index in [4.69, 9.17) is 0 Å².